The molecule has 1 unspecified atom stereocenters. The van der Waals surface area contributed by atoms with E-state index in [-0.39, 0.29) is 12.1 Å². The first-order chi connectivity index (χ1) is 10.7. The first-order valence-electron chi connectivity index (χ1n) is 7.39. The average molecular weight is 319 g/mol. The number of nitrogens with one attached hydrogen (secondary N) is 1. The van der Waals surface area contributed by atoms with Crippen LogP contribution in [0.1, 0.15) is 41.3 Å². The maximum absolute atomic E-state index is 12.0. The lowest BCUT2D eigenvalue weighted by Gasteiger charge is -2.23. The number of ketones is 1. The van der Waals surface area contributed by atoms with E-state index in [9.17, 15) is 14.7 Å². The Morgan fingerprint density at radius 1 is 1.43 bits per heavy atom. The highest BCUT2D eigenvalue weighted by atomic mass is 16.3. The van der Waals surface area contributed by atoms with Crippen LogP contribution < -0.4 is 5.32 Å². The van der Waals surface area contributed by atoms with Gasteiger partial charge in [-0.15, -0.1) is 0 Å². The van der Waals surface area contributed by atoms with E-state index in [2.05, 4.69) is 10.4 Å². The van der Waals surface area contributed by atoms with Crippen molar-refractivity contribution < 1.29 is 19.1 Å². The molecule has 2 rings (SSSR count). The largest absolute Gasteiger partial charge is 0.466 e. The minimum Gasteiger partial charge on any atom is -0.466 e. The fraction of sp³-hybridized carbons (Fsp3) is 0.438. The number of hydrogen-bond acceptors (Lipinski definition) is 5. The molecule has 0 aliphatic carbocycles. The Balaban J connectivity index is 2.03. The van der Waals surface area contributed by atoms with E-state index in [4.69, 9.17) is 4.42 Å². The molecule has 1 atom stereocenters. The molecule has 124 valence electrons. The summed E-state index contributed by atoms with van der Waals surface area (Å²) >= 11 is 0. The molecule has 0 bridgehead atoms. The van der Waals surface area contributed by atoms with E-state index in [1.165, 1.54) is 12.4 Å². The molecule has 0 aliphatic rings. The zero-order chi connectivity index (χ0) is 17.2. The molecule has 7 nitrogen and oxygen atoms in total. The van der Waals surface area contributed by atoms with Crippen molar-refractivity contribution in [2.45, 2.75) is 39.8 Å². The van der Waals surface area contributed by atoms with Crippen molar-refractivity contribution in [2.24, 2.45) is 0 Å². The van der Waals surface area contributed by atoms with Gasteiger partial charge in [-0.25, -0.2) is 0 Å². The smallest absolute Gasteiger partial charge is 0.292 e. The van der Waals surface area contributed by atoms with Gasteiger partial charge < -0.3 is 14.8 Å². The van der Waals surface area contributed by atoms with Crippen molar-refractivity contribution >= 4 is 11.7 Å². The lowest BCUT2D eigenvalue weighted by atomic mass is 9.96. The molecule has 7 heteroatoms. The molecule has 0 aromatic carbocycles. The van der Waals surface area contributed by atoms with Gasteiger partial charge in [-0.05, 0) is 33.8 Å². The minimum absolute atomic E-state index is 0.0979. The van der Waals surface area contributed by atoms with E-state index in [1.54, 1.807) is 31.5 Å². The van der Waals surface area contributed by atoms with Crippen molar-refractivity contribution in [2.75, 3.05) is 6.54 Å². The van der Waals surface area contributed by atoms with Crippen LogP contribution in [0, 0.1) is 13.8 Å². The van der Waals surface area contributed by atoms with Crippen LogP contribution in [-0.4, -0.2) is 33.1 Å². The fourth-order valence-electron chi connectivity index (χ4n) is 2.38. The maximum atomic E-state index is 12.0. The van der Waals surface area contributed by atoms with E-state index in [0.29, 0.717) is 23.6 Å². The van der Waals surface area contributed by atoms with Gasteiger partial charge in [-0.2, -0.15) is 5.10 Å². The number of carbonyl (C=O) groups is 2. The molecule has 2 aromatic rings. The molecule has 0 saturated heterocycles. The van der Waals surface area contributed by atoms with Crippen LogP contribution in [0.25, 0.3) is 0 Å². The van der Waals surface area contributed by atoms with Crippen molar-refractivity contribution in [3.63, 3.8) is 0 Å². The first kappa shape index (κ1) is 17.0. The molecular weight excluding hydrogens is 298 g/mol. The molecule has 23 heavy (non-hydrogen) atoms. The topological polar surface area (TPSA) is 97.4 Å². The molecule has 0 spiro atoms. The maximum Gasteiger partial charge on any atom is 0.292 e. The summed E-state index contributed by atoms with van der Waals surface area (Å²) in [7, 11) is 0. The van der Waals surface area contributed by atoms with Gasteiger partial charge in [0.2, 0.25) is 0 Å². The average Bonchev–Trinajstić information content (AvgIpc) is 3.10. The zero-order valence-corrected chi connectivity index (χ0v) is 13.7. The van der Waals surface area contributed by atoms with Gasteiger partial charge in [0.25, 0.3) is 11.7 Å². The van der Waals surface area contributed by atoms with Crippen LogP contribution in [-0.2, 0) is 16.9 Å². The number of Topliss-reactive ketones (excluding diaryl/α,β-unsaturated/α-hetero) is 1. The van der Waals surface area contributed by atoms with Gasteiger partial charge in [0.05, 0.1) is 18.3 Å². The number of amides is 1. The molecule has 0 saturated carbocycles. The van der Waals surface area contributed by atoms with Crippen LogP contribution in [0.3, 0.4) is 0 Å². The van der Waals surface area contributed by atoms with Crippen LogP contribution in [0.5, 0.6) is 0 Å². The number of furan rings is 1. The summed E-state index contributed by atoms with van der Waals surface area (Å²) in [6.45, 7) is 7.48. The van der Waals surface area contributed by atoms with E-state index in [1.807, 2.05) is 6.92 Å². The Hall–Kier alpha value is -2.41. The summed E-state index contributed by atoms with van der Waals surface area (Å²) in [5, 5.41) is 17.0. The Morgan fingerprint density at radius 2 is 2.13 bits per heavy atom. The third-order valence-corrected chi connectivity index (χ3v) is 3.64. The Labute approximate surface area is 134 Å². The Bertz CT molecular complexity index is 728. The highest BCUT2D eigenvalue weighted by Gasteiger charge is 2.29. The van der Waals surface area contributed by atoms with Gasteiger partial charge in [0, 0.05) is 18.3 Å². The molecule has 0 fully saturated rings. The molecule has 2 aromatic heterocycles. The second-order valence-corrected chi connectivity index (χ2v) is 5.70. The van der Waals surface area contributed by atoms with Gasteiger partial charge in [0.15, 0.2) is 0 Å². The van der Waals surface area contributed by atoms with Crippen LogP contribution >= 0.6 is 0 Å². The van der Waals surface area contributed by atoms with Gasteiger partial charge in [-0.1, -0.05) is 0 Å². The van der Waals surface area contributed by atoms with E-state index < -0.39 is 17.3 Å². The minimum atomic E-state index is -1.33. The molecule has 0 radical (unpaired) electrons. The van der Waals surface area contributed by atoms with Gasteiger partial charge in [-0.3, -0.25) is 14.3 Å². The summed E-state index contributed by atoms with van der Waals surface area (Å²) in [6.07, 6.45) is 2.87. The SMILES string of the molecule is CCn1cc(C(=O)C(=O)NCC(C)(O)c2cc(C)oc2C)cn1. The fourth-order valence-corrected chi connectivity index (χ4v) is 2.38. The number of aliphatic hydroxyl groups is 1. The summed E-state index contributed by atoms with van der Waals surface area (Å²) < 4.78 is 6.95. The summed E-state index contributed by atoms with van der Waals surface area (Å²) in [5.41, 5.74) is -0.522. The predicted octanol–water partition coefficient (Wildman–Crippen LogP) is 1.32. The van der Waals surface area contributed by atoms with Crippen molar-refractivity contribution in [3.8, 4) is 0 Å². The van der Waals surface area contributed by atoms with Crippen molar-refractivity contribution in [1.82, 2.24) is 15.1 Å². The third kappa shape index (κ3) is 3.68. The van der Waals surface area contributed by atoms with E-state index in [0.717, 1.165) is 0 Å². The summed E-state index contributed by atoms with van der Waals surface area (Å²) in [4.78, 5) is 24.0. The second kappa shape index (κ2) is 6.37. The lowest BCUT2D eigenvalue weighted by molar-refractivity contribution is -0.118. The van der Waals surface area contributed by atoms with Gasteiger partial charge >= 0.3 is 0 Å². The normalized spacial score (nSPS) is 13.6. The number of carbonyl (C=O) groups excluding carboxylic acids is 2. The highest BCUT2D eigenvalue weighted by molar-refractivity contribution is 6.42. The van der Waals surface area contributed by atoms with Gasteiger partial charge in [0.1, 0.15) is 17.1 Å². The monoisotopic (exact) mass is 319 g/mol. The lowest BCUT2D eigenvalue weighted by Crippen LogP contribution is -2.41. The van der Waals surface area contributed by atoms with Crippen molar-refractivity contribution in [3.05, 3.63) is 41.1 Å². The van der Waals surface area contributed by atoms with Crippen LogP contribution in [0.15, 0.2) is 22.9 Å². The highest BCUT2D eigenvalue weighted by Crippen LogP contribution is 2.26. The standard InChI is InChI=1S/C16H21N3O4/c1-5-19-8-12(7-18-19)14(20)15(21)17-9-16(4,22)13-6-10(2)23-11(13)3/h6-8,22H,5,9H2,1-4H3,(H,17,21). The Morgan fingerprint density at radius 3 is 2.65 bits per heavy atom. The van der Waals surface area contributed by atoms with Crippen LogP contribution in [0.2, 0.25) is 0 Å². The Kier molecular flexibility index (Phi) is 4.70. The quantitative estimate of drug-likeness (QED) is 0.618. The van der Waals surface area contributed by atoms with Crippen LogP contribution in [0.4, 0.5) is 0 Å². The number of nitrogens with zero attached hydrogens (tertiary/aromatic N) is 2. The zero-order valence-electron chi connectivity index (χ0n) is 13.7. The number of rotatable bonds is 6. The first-order valence-corrected chi connectivity index (χ1v) is 7.39. The van der Waals surface area contributed by atoms with E-state index >= 15 is 0 Å². The number of hydrogen-bond donors (Lipinski definition) is 2. The summed E-state index contributed by atoms with van der Waals surface area (Å²) in [6, 6.07) is 1.72. The predicted molar refractivity (Wildman–Crippen MR) is 83.0 cm³/mol. The second-order valence-electron chi connectivity index (χ2n) is 5.70. The molecular formula is C16H21N3O4. The number of aryl methyl sites for hydroxylation is 3. The van der Waals surface area contributed by atoms with Crippen molar-refractivity contribution in [1.29, 1.82) is 0 Å². The third-order valence-electron chi connectivity index (χ3n) is 3.64. The molecule has 2 heterocycles. The number of aromatic nitrogens is 2. The molecule has 2 N–H and O–H groups in total. The summed E-state index contributed by atoms with van der Waals surface area (Å²) in [5.74, 6) is -0.205. The molecule has 1 amide bonds. The molecule has 0 aliphatic heterocycles.